The van der Waals surface area contributed by atoms with E-state index in [-0.39, 0.29) is 23.0 Å². The molecule has 0 aliphatic carbocycles. The lowest BCUT2D eigenvalue weighted by molar-refractivity contribution is 0.0697. The van der Waals surface area contributed by atoms with E-state index in [1.54, 1.807) is 28.9 Å². The third-order valence-corrected chi connectivity index (χ3v) is 5.45. The van der Waals surface area contributed by atoms with Gasteiger partial charge in [0.05, 0.1) is 6.04 Å². The molecule has 0 radical (unpaired) electrons. The number of anilines is 2. The van der Waals surface area contributed by atoms with Gasteiger partial charge in [0.2, 0.25) is 0 Å². The Morgan fingerprint density at radius 3 is 2.73 bits per heavy atom. The summed E-state index contributed by atoms with van der Waals surface area (Å²) in [5.74, 6) is -0.0682. The van der Waals surface area contributed by atoms with Gasteiger partial charge in [-0.3, -0.25) is 9.20 Å². The summed E-state index contributed by atoms with van der Waals surface area (Å²) in [6, 6.07) is 6.36. The fraction of sp³-hybridized carbons (Fsp3) is 0.364. The van der Waals surface area contributed by atoms with Crippen molar-refractivity contribution in [2.75, 3.05) is 23.3 Å². The van der Waals surface area contributed by atoms with Crippen molar-refractivity contribution in [3.63, 3.8) is 0 Å². The Hall–Kier alpha value is -3.42. The lowest BCUT2D eigenvalue weighted by Crippen LogP contribution is -2.32. The molecule has 1 saturated heterocycles. The number of aromatic nitrogens is 3. The Morgan fingerprint density at radius 2 is 2.00 bits per heavy atom. The second kappa shape index (κ2) is 8.14. The van der Waals surface area contributed by atoms with Crippen molar-refractivity contribution in [3.05, 3.63) is 63.7 Å². The minimum Gasteiger partial charge on any atom is -0.478 e. The Morgan fingerprint density at radius 1 is 1.23 bits per heavy atom. The van der Waals surface area contributed by atoms with Crippen LogP contribution in [0.5, 0.6) is 0 Å². The lowest BCUT2D eigenvalue weighted by Gasteiger charge is -2.28. The summed E-state index contributed by atoms with van der Waals surface area (Å²) in [7, 11) is 0. The quantitative estimate of drug-likeness (QED) is 0.670. The highest BCUT2D eigenvalue weighted by atomic mass is 16.4. The minimum absolute atomic E-state index is 0.0976. The van der Waals surface area contributed by atoms with Crippen LogP contribution in [0.2, 0.25) is 0 Å². The van der Waals surface area contributed by atoms with Crippen LogP contribution >= 0.6 is 0 Å². The maximum Gasteiger partial charge on any atom is 0.339 e. The van der Waals surface area contributed by atoms with E-state index in [4.69, 9.17) is 4.98 Å². The monoisotopic (exact) mass is 407 g/mol. The molecule has 3 aromatic rings. The zero-order valence-electron chi connectivity index (χ0n) is 17.1. The largest absolute Gasteiger partial charge is 0.478 e. The molecule has 156 valence electrons. The van der Waals surface area contributed by atoms with Gasteiger partial charge in [-0.25, -0.2) is 14.8 Å². The van der Waals surface area contributed by atoms with Gasteiger partial charge in [-0.2, -0.15) is 0 Å². The Bertz CT molecular complexity index is 1150. The molecule has 0 aromatic carbocycles. The van der Waals surface area contributed by atoms with Crippen LogP contribution in [0.3, 0.4) is 0 Å². The van der Waals surface area contributed by atoms with Crippen LogP contribution in [0.15, 0.2) is 41.5 Å². The van der Waals surface area contributed by atoms with E-state index in [9.17, 15) is 14.7 Å². The molecule has 1 atom stereocenters. The second-order valence-corrected chi connectivity index (χ2v) is 7.74. The molecule has 4 heterocycles. The predicted molar refractivity (Wildman–Crippen MR) is 115 cm³/mol. The first-order valence-corrected chi connectivity index (χ1v) is 10.2. The summed E-state index contributed by atoms with van der Waals surface area (Å²) in [5, 5.41) is 12.6. The number of nitrogens with zero attached hydrogens (tertiary/aromatic N) is 4. The number of aryl methyl sites for hydroxylation is 1. The number of rotatable bonds is 5. The number of carbonyl (C=O) groups is 1. The first-order chi connectivity index (χ1) is 14.4. The molecular formula is C22H25N5O3. The molecule has 0 unspecified atom stereocenters. The zero-order valence-corrected chi connectivity index (χ0v) is 17.1. The van der Waals surface area contributed by atoms with Gasteiger partial charge in [-0.15, -0.1) is 0 Å². The van der Waals surface area contributed by atoms with E-state index in [1.165, 1.54) is 12.5 Å². The SMILES string of the molecule is Cc1cc([C@@H](C)Nc2ncccc2C(=O)O)c2nc(N3CCCCC3)cc(=O)n2c1. The number of pyridine rings is 2. The zero-order chi connectivity index (χ0) is 21.3. The first kappa shape index (κ1) is 19.9. The maximum atomic E-state index is 12.9. The van der Waals surface area contributed by atoms with Crippen molar-refractivity contribution in [2.45, 2.75) is 39.2 Å². The molecule has 30 heavy (non-hydrogen) atoms. The normalized spacial score (nSPS) is 15.2. The molecule has 0 saturated carbocycles. The summed E-state index contributed by atoms with van der Waals surface area (Å²) in [4.78, 5) is 35.6. The molecule has 2 N–H and O–H groups in total. The number of hydrogen-bond acceptors (Lipinski definition) is 6. The van der Waals surface area contributed by atoms with E-state index in [2.05, 4.69) is 15.2 Å². The Labute approximate surface area is 174 Å². The maximum absolute atomic E-state index is 12.9. The number of hydrogen-bond donors (Lipinski definition) is 2. The standard InChI is InChI=1S/C22H25N5O3/c1-14-11-17(15(2)24-20-16(22(29)30)7-6-8-23-20)21-25-18(12-19(28)27(21)13-14)26-9-4-3-5-10-26/h6-8,11-13,15H,3-5,9-10H2,1-2H3,(H,23,24)(H,29,30)/t15-/m1/s1. The molecule has 0 amide bonds. The first-order valence-electron chi connectivity index (χ1n) is 10.2. The van der Waals surface area contributed by atoms with Crippen molar-refractivity contribution in [3.8, 4) is 0 Å². The number of carboxylic acids is 1. The molecule has 1 fully saturated rings. The molecule has 8 heteroatoms. The lowest BCUT2D eigenvalue weighted by atomic mass is 10.1. The van der Waals surface area contributed by atoms with Gasteiger partial charge < -0.3 is 15.3 Å². The molecule has 1 aliphatic heterocycles. The average Bonchev–Trinajstić information content (AvgIpc) is 2.74. The van der Waals surface area contributed by atoms with Gasteiger partial charge in [0.25, 0.3) is 5.56 Å². The topological polar surface area (TPSA) is 99.8 Å². The molecule has 1 aliphatic rings. The van der Waals surface area contributed by atoms with Gasteiger partial charge >= 0.3 is 5.97 Å². The van der Waals surface area contributed by atoms with Gasteiger partial charge in [0, 0.05) is 37.1 Å². The summed E-state index contributed by atoms with van der Waals surface area (Å²) in [6.45, 7) is 5.62. The van der Waals surface area contributed by atoms with E-state index >= 15 is 0 Å². The summed E-state index contributed by atoms with van der Waals surface area (Å²) < 4.78 is 1.56. The molecule has 8 nitrogen and oxygen atoms in total. The smallest absolute Gasteiger partial charge is 0.339 e. The van der Waals surface area contributed by atoms with Crippen LogP contribution in [0.1, 0.15) is 53.7 Å². The van der Waals surface area contributed by atoms with Crippen molar-refractivity contribution < 1.29 is 9.90 Å². The van der Waals surface area contributed by atoms with Gasteiger partial charge in [-0.05, 0) is 56.9 Å². The third kappa shape index (κ3) is 3.85. The predicted octanol–water partition coefficient (Wildman–Crippen LogP) is 3.26. The molecule has 4 rings (SSSR count). The van der Waals surface area contributed by atoms with Crippen molar-refractivity contribution in [1.82, 2.24) is 14.4 Å². The fourth-order valence-electron chi connectivity index (χ4n) is 3.94. The summed E-state index contributed by atoms with van der Waals surface area (Å²) >= 11 is 0. The molecule has 0 bridgehead atoms. The van der Waals surface area contributed by atoms with Crippen LogP contribution in [0, 0.1) is 6.92 Å². The van der Waals surface area contributed by atoms with Crippen LogP contribution in [-0.4, -0.2) is 38.5 Å². The third-order valence-electron chi connectivity index (χ3n) is 5.45. The highest BCUT2D eigenvalue weighted by molar-refractivity contribution is 5.93. The van der Waals surface area contributed by atoms with E-state index in [0.717, 1.165) is 37.1 Å². The van der Waals surface area contributed by atoms with Crippen molar-refractivity contribution in [1.29, 1.82) is 0 Å². The number of aromatic carboxylic acids is 1. The minimum atomic E-state index is -1.05. The van der Waals surface area contributed by atoms with Crippen LogP contribution in [-0.2, 0) is 0 Å². The number of nitrogens with one attached hydrogen (secondary N) is 1. The number of piperidine rings is 1. The van der Waals surface area contributed by atoms with Crippen LogP contribution < -0.4 is 15.8 Å². The van der Waals surface area contributed by atoms with E-state index in [0.29, 0.717) is 11.5 Å². The van der Waals surface area contributed by atoms with Gasteiger partial charge in [0.15, 0.2) is 0 Å². The highest BCUT2D eigenvalue weighted by Gasteiger charge is 2.19. The van der Waals surface area contributed by atoms with E-state index in [1.807, 2.05) is 19.9 Å². The van der Waals surface area contributed by atoms with E-state index < -0.39 is 5.97 Å². The van der Waals surface area contributed by atoms with Gasteiger partial charge in [-0.1, -0.05) is 0 Å². The number of carboxylic acid groups (broad SMARTS) is 1. The highest BCUT2D eigenvalue weighted by Crippen LogP contribution is 2.25. The van der Waals surface area contributed by atoms with Crippen LogP contribution in [0.4, 0.5) is 11.6 Å². The Balaban J connectivity index is 1.78. The average molecular weight is 407 g/mol. The molecular weight excluding hydrogens is 382 g/mol. The fourth-order valence-corrected chi connectivity index (χ4v) is 3.94. The molecule has 0 spiro atoms. The summed E-state index contributed by atoms with van der Waals surface area (Å²) in [6.07, 6.45) is 6.72. The van der Waals surface area contributed by atoms with Gasteiger partial charge in [0.1, 0.15) is 22.8 Å². The Kier molecular flexibility index (Phi) is 5.39. The number of fused-ring (bicyclic) bond motifs is 1. The summed E-state index contributed by atoms with van der Waals surface area (Å²) in [5.41, 5.74) is 2.27. The van der Waals surface area contributed by atoms with Crippen molar-refractivity contribution >= 4 is 23.3 Å². The van der Waals surface area contributed by atoms with Crippen LogP contribution in [0.25, 0.3) is 5.65 Å². The second-order valence-electron chi connectivity index (χ2n) is 7.74. The molecule has 3 aromatic heterocycles. The van der Waals surface area contributed by atoms with Crippen molar-refractivity contribution in [2.24, 2.45) is 0 Å².